The Bertz CT molecular complexity index is 819. The fourth-order valence-corrected chi connectivity index (χ4v) is 3.80. The lowest BCUT2D eigenvalue weighted by molar-refractivity contribution is -0.140. The number of likely N-dealkylation sites (tertiary alicyclic amines) is 1. The molecule has 1 spiro atoms. The normalized spacial score (nSPS) is 25.2. The summed E-state index contributed by atoms with van der Waals surface area (Å²) in [6.45, 7) is 0.289. The number of carbonyl (C=O) groups excluding carboxylic acids is 2. The maximum Gasteiger partial charge on any atom is 0.263 e. The highest BCUT2D eigenvalue weighted by Crippen LogP contribution is 2.65. The lowest BCUT2D eigenvalue weighted by Crippen LogP contribution is -2.30. The standard InChI is InChI=1S/C20H17F2NO2/c21-18(22)15-8-6-14(7-9-15)16-10-20(16)11-17(24)23(19(20)25)12-13-4-2-1-3-5-13/h1-9,16,18H,10-12H2/t16?,20-/m0/s1. The number of nitrogens with zero attached hydrogens (tertiary/aromatic N) is 1. The van der Waals surface area contributed by atoms with Gasteiger partial charge in [-0.1, -0.05) is 54.6 Å². The molecule has 0 radical (unpaired) electrons. The fourth-order valence-electron chi connectivity index (χ4n) is 3.80. The third-order valence-electron chi connectivity index (χ3n) is 5.29. The Morgan fingerprint density at radius 3 is 2.36 bits per heavy atom. The summed E-state index contributed by atoms with van der Waals surface area (Å²) in [7, 11) is 0. The van der Waals surface area contributed by atoms with E-state index in [-0.39, 0.29) is 36.3 Å². The molecule has 1 unspecified atom stereocenters. The quantitative estimate of drug-likeness (QED) is 0.787. The van der Waals surface area contributed by atoms with Gasteiger partial charge in [0.1, 0.15) is 0 Å². The van der Waals surface area contributed by atoms with E-state index in [9.17, 15) is 18.4 Å². The molecule has 2 aliphatic rings. The molecule has 1 aliphatic heterocycles. The molecule has 1 aliphatic carbocycles. The van der Waals surface area contributed by atoms with E-state index in [2.05, 4.69) is 0 Å². The van der Waals surface area contributed by atoms with Gasteiger partial charge in [-0.3, -0.25) is 14.5 Å². The molecular formula is C20H17F2NO2. The van der Waals surface area contributed by atoms with Gasteiger partial charge in [-0.25, -0.2) is 8.78 Å². The van der Waals surface area contributed by atoms with Gasteiger partial charge in [0, 0.05) is 12.0 Å². The van der Waals surface area contributed by atoms with Crippen molar-refractivity contribution in [2.45, 2.75) is 31.7 Å². The number of hydrogen-bond donors (Lipinski definition) is 0. The predicted molar refractivity (Wildman–Crippen MR) is 87.8 cm³/mol. The van der Waals surface area contributed by atoms with Gasteiger partial charge >= 0.3 is 0 Å². The maximum absolute atomic E-state index is 12.8. The van der Waals surface area contributed by atoms with E-state index in [0.29, 0.717) is 6.42 Å². The second-order valence-corrected chi connectivity index (χ2v) is 6.83. The minimum Gasteiger partial charge on any atom is -0.278 e. The Hall–Kier alpha value is -2.56. The molecule has 1 saturated heterocycles. The van der Waals surface area contributed by atoms with Crippen molar-refractivity contribution >= 4 is 11.8 Å². The van der Waals surface area contributed by atoms with Crippen LogP contribution in [-0.4, -0.2) is 16.7 Å². The first-order valence-corrected chi connectivity index (χ1v) is 8.28. The first-order chi connectivity index (χ1) is 12.0. The van der Waals surface area contributed by atoms with E-state index in [4.69, 9.17) is 0 Å². The zero-order valence-electron chi connectivity index (χ0n) is 13.5. The van der Waals surface area contributed by atoms with Crippen LogP contribution in [0, 0.1) is 5.41 Å². The molecule has 4 rings (SSSR count). The average molecular weight is 341 g/mol. The van der Waals surface area contributed by atoms with Crippen molar-refractivity contribution in [3.05, 3.63) is 71.3 Å². The van der Waals surface area contributed by atoms with Crippen LogP contribution in [0.15, 0.2) is 54.6 Å². The van der Waals surface area contributed by atoms with Gasteiger partial charge in [0.05, 0.1) is 12.0 Å². The van der Waals surface area contributed by atoms with Crippen LogP contribution >= 0.6 is 0 Å². The number of benzene rings is 2. The number of alkyl halides is 2. The molecule has 25 heavy (non-hydrogen) atoms. The first-order valence-electron chi connectivity index (χ1n) is 8.28. The number of hydrogen-bond acceptors (Lipinski definition) is 2. The van der Waals surface area contributed by atoms with E-state index in [0.717, 1.165) is 11.1 Å². The Kier molecular flexibility index (Phi) is 3.67. The third kappa shape index (κ3) is 2.64. The molecule has 128 valence electrons. The van der Waals surface area contributed by atoms with Crippen LogP contribution in [0.2, 0.25) is 0 Å². The molecule has 2 aromatic rings. The summed E-state index contributed by atoms with van der Waals surface area (Å²) in [5, 5.41) is 0. The van der Waals surface area contributed by atoms with E-state index < -0.39 is 11.8 Å². The third-order valence-corrected chi connectivity index (χ3v) is 5.29. The second-order valence-electron chi connectivity index (χ2n) is 6.83. The molecule has 3 nitrogen and oxygen atoms in total. The van der Waals surface area contributed by atoms with Gasteiger partial charge in [-0.2, -0.15) is 0 Å². The van der Waals surface area contributed by atoms with Crippen LogP contribution in [0.3, 0.4) is 0 Å². The maximum atomic E-state index is 12.8. The van der Waals surface area contributed by atoms with E-state index >= 15 is 0 Å². The van der Waals surface area contributed by atoms with Crippen LogP contribution < -0.4 is 0 Å². The minimum atomic E-state index is -2.50. The van der Waals surface area contributed by atoms with E-state index in [1.807, 2.05) is 30.3 Å². The van der Waals surface area contributed by atoms with Crippen molar-refractivity contribution in [2.24, 2.45) is 5.41 Å². The molecule has 2 fully saturated rings. The van der Waals surface area contributed by atoms with Gasteiger partial charge in [0.25, 0.3) is 6.43 Å². The summed E-state index contributed by atoms with van der Waals surface area (Å²) in [6, 6.07) is 15.5. The molecule has 5 heteroatoms. The average Bonchev–Trinajstić information content (AvgIpc) is 3.29. The summed E-state index contributed by atoms with van der Waals surface area (Å²) in [5.41, 5.74) is 1.07. The summed E-state index contributed by atoms with van der Waals surface area (Å²) in [4.78, 5) is 26.6. The summed E-state index contributed by atoms with van der Waals surface area (Å²) < 4.78 is 25.4. The SMILES string of the molecule is O=C1C[C@]2(CC2c2ccc(C(F)F)cc2)C(=O)N1Cc1ccccc1. The van der Waals surface area contributed by atoms with Crippen LogP contribution in [-0.2, 0) is 16.1 Å². The fraction of sp³-hybridized carbons (Fsp3) is 0.300. The summed E-state index contributed by atoms with van der Waals surface area (Å²) >= 11 is 0. The smallest absolute Gasteiger partial charge is 0.263 e. The molecule has 1 heterocycles. The van der Waals surface area contributed by atoms with Crippen LogP contribution in [0.5, 0.6) is 0 Å². The van der Waals surface area contributed by atoms with Crippen LogP contribution in [0.25, 0.3) is 0 Å². The number of halogens is 2. The Morgan fingerprint density at radius 1 is 1.04 bits per heavy atom. The highest BCUT2D eigenvalue weighted by molar-refractivity contribution is 6.08. The van der Waals surface area contributed by atoms with Gasteiger partial charge in [0.2, 0.25) is 11.8 Å². The molecular weight excluding hydrogens is 324 g/mol. The van der Waals surface area contributed by atoms with Crippen LogP contribution in [0.1, 0.15) is 41.9 Å². The number of rotatable bonds is 4. The molecule has 0 aromatic heterocycles. The van der Waals surface area contributed by atoms with Crippen molar-refractivity contribution in [2.75, 3.05) is 0 Å². The van der Waals surface area contributed by atoms with Gasteiger partial charge in [-0.15, -0.1) is 0 Å². The minimum absolute atomic E-state index is 0.0296. The topological polar surface area (TPSA) is 37.4 Å². The van der Waals surface area contributed by atoms with Crippen LogP contribution in [0.4, 0.5) is 8.78 Å². The lowest BCUT2D eigenvalue weighted by atomic mass is 9.97. The number of amides is 2. The van der Waals surface area contributed by atoms with Crippen molar-refractivity contribution in [1.82, 2.24) is 4.90 Å². The predicted octanol–water partition coefficient (Wildman–Crippen LogP) is 4.06. The van der Waals surface area contributed by atoms with E-state index in [1.165, 1.54) is 17.0 Å². The van der Waals surface area contributed by atoms with Crippen molar-refractivity contribution in [1.29, 1.82) is 0 Å². The highest BCUT2D eigenvalue weighted by Gasteiger charge is 2.67. The van der Waals surface area contributed by atoms with Gasteiger partial charge in [0.15, 0.2) is 0 Å². The monoisotopic (exact) mass is 341 g/mol. The van der Waals surface area contributed by atoms with Gasteiger partial charge in [-0.05, 0) is 23.5 Å². The Morgan fingerprint density at radius 2 is 1.72 bits per heavy atom. The highest BCUT2D eigenvalue weighted by atomic mass is 19.3. The second kappa shape index (κ2) is 5.76. The summed E-state index contributed by atoms with van der Waals surface area (Å²) in [6.07, 6.45) is -1.69. The van der Waals surface area contributed by atoms with E-state index in [1.54, 1.807) is 12.1 Å². The molecule has 2 amide bonds. The van der Waals surface area contributed by atoms with Crippen molar-refractivity contribution in [3.63, 3.8) is 0 Å². The Balaban J connectivity index is 1.52. The van der Waals surface area contributed by atoms with Crippen molar-refractivity contribution < 1.29 is 18.4 Å². The molecule has 0 N–H and O–H groups in total. The number of imide groups is 1. The summed E-state index contributed by atoms with van der Waals surface area (Å²) in [5.74, 6) is -0.346. The molecule has 2 atom stereocenters. The Labute approximate surface area is 144 Å². The molecule has 0 bridgehead atoms. The van der Waals surface area contributed by atoms with Gasteiger partial charge < -0.3 is 0 Å². The lowest BCUT2D eigenvalue weighted by Gasteiger charge is -2.15. The molecule has 1 saturated carbocycles. The number of carbonyl (C=O) groups is 2. The first kappa shape index (κ1) is 15.9. The molecule has 2 aromatic carbocycles. The zero-order valence-corrected chi connectivity index (χ0v) is 13.5. The zero-order chi connectivity index (χ0) is 17.6. The largest absolute Gasteiger partial charge is 0.278 e. The van der Waals surface area contributed by atoms with Crippen molar-refractivity contribution in [3.8, 4) is 0 Å².